The van der Waals surface area contributed by atoms with Crippen LogP contribution in [0.1, 0.15) is 38.8 Å². The molecule has 41 heavy (non-hydrogen) atoms. The van der Waals surface area contributed by atoms with Gasteiger partial charge in [-0.05, 0) is 37.1 Å². The van der Waals surface area contributed by atoms with Crippen LogP contribution in [-0.4, -0.2) is 53.5 Å². The van der Waals surface area contributed by atoms with Gasteiger partial charge >= 0.3 is 0 Å². The van der Waals surface area contributed by atoms with Crippen LogP contribution in [0.25, 0.3) is 0 Å². The number of hydrogen-bond donors (Lipinski definition) is 1. The van der Waals surface area contributed by atoms with E-state index in [1.807, 2.05) is 80.6 Å². The zero-order valence-electron chi connectivity index (χ0n) is 24.2. The summed E-state index contributed by atoms with van der Waals surface area (Å²) >= 11 is 1.64. The summed E-state index contributed by atoms with van der Waals surface area (Å²) in [5.41, 5.74) is 1.81. The summed E-state index contributed by atoms with van der Waals surface area (Å²) in [5, 5.41) is 11.3. The molecule has 10 atom stereocenters. The molecule has 3 aromatic rings. The molecule has 5 rings (SSSR count). The number of aliphatic hydroxyl groups excluding tert-OH is 1. The van der Waals surface area contributed by atoms with Gasteiger partial charge < -0.3 is 28.8 Å². The molecule has 2 aliphatic heterocycles. The van der Waals surface area contributed by atoms with E-state index in [2.05, 4.69) is 38.1 Å². The van der Waals surface area contributed by atoms with Gasteiger partial charge in [-0.3, -0.25) is 0 Å². The van der Waals surface area contributed by atoms with Gasteiger partial charge in [0.15, 0.2) is 6.29 Å². The summed E-state index contributed by atoms with van der Waals surface area (Å²) in [5.74, 6) is -0.0956. The maximum Gasteiger partial charge on any atom is 0.187 e. The monoisotopic (exact) mass is 578 g/mol. The number of hydrogen-bond acceptors (Lipinski definition) is 7. The number of thioether (sulfide) groups is 1. The van der Waals surface area contributed by atoms with Crippen molar-refractivity contribution in [3.63, 3.8) is 0 Å². The Morgan fingerprint density at radius 2 is 1.15 bits per heavy atom. The fraction of sp³-hybridized carbons (Fsp3) is 0.471. The number of ether oxygens (including phenoxy) is 5. The van der Waals surface area contributed by atoms with E-state index in [9.17, 15) is 5.11 Å². The van der Waals surface area contributed by atoms with E-state index < -0.39 is 24.6 Å². The van der Waals surface area contributed by atoms with Gasteiger partial charge in [0, 0.05) is 16.7 Å². The largest absolute Gasteiger partial charge is 0.390 e. The first-order valence-corrected chi connectivity index (χ1v) is 15.5. The Hall–Kier alpha value is -2.23. The maximum absolute atomic E-state index is 11.3. The summed E-state index contributed by atoms with van der Waals surface area (Å²) in [6.45, 7) is 8.96. The summed E-state index contributed by atoms with van der Waals surface area (Å²) < 4.78 is 32.8. The predicted molar refractivity (Wildman–Crippen MR) is 160 cm³/mol. The number of rotatable bonds is 10. The van der Waals surface area contributed by atoms with E-state index in [0.29, 0.717) is 13.2 Å². The van der Waals surface area contributed by atoms with E-state index in [0.717, 1.165) is 16.0 Å². The molecule has 2 aliphatic rings. The van der Waals surface area contributed by atoms with Crippen LogP contribution in [0.3, 0.4) is 0 Å². The summed E-state index contributed by atoms with van der Waals surface area (Å²) in [7, 11) is 0. The molecule has 220 valence electrons. The molecule has 0 aliphatic carbocycles. The standard InChI is InChI=1S/C34H42O6S/c1-22-24(3)38-33(31(29(22)35)36-20-26-14-8-5-9-15-26)40-30-23(2)25(4)39-34(41-28-18-12-7-13-19-28)32(30)37-21-27-16-10-6-11-17-27/h5-19,22-25,29-35H,20-21H2,1-4H3. The first kappa shape index (κ1) is 30.2. The highest BCUT2D eigenvalue weighted by Gasteiger charge is 2.49. The maximum atomic E-state index is 11.3. The van der Waals surface area contributed by atoms with Gasteiger partial charge in [0.2, 0.25) is 0 Å². The fourth-order valence-corrected chi connectivity index (χ4v) is 6.54. The quantitative estimate of drug-likeness (QED) is 0.296. The van der Waals surface area contributed by atoms with Gasteiger partial charge in [0.25, 0.3) is 0 Å². The van der Waals surface area contributed by atoms with Crippen molar-refractivity contribution in [1.82, 2.24) is 0 Å². The average Bonchev–Trinajstić information content (AvgIpc) is 2.99. The zero-order valence-corrected chi connectivity index (χ0v) is 25.1. The van der Waals surface area contributed by atoms with Crippen LogP contribution < -0.4 is 0 Å². The van der Waals surface area contributed by atoms with Crippen molar-refractivity contribution in [3.05, 3.63) is 102 Å². The molecule has 0 spiro atoms. The Morgan fingerprint density at radius 1 is 0.634 bits per heavy atom. The molecule has 6 nitrogen and oxygen atoms in total. The van der Waals surface area contributed by atoms with Crippen molar-refractivity contribution in [2.75, 3.05) is 0 Å². The minimum absolute atomic E-state index is 0.00793. The van der Waals surface area contributed by atoms with Gasteiger partial charge in [-0.2, -0.15) is 0 Å². The third kappa shape index (κ3) is 7.59. The Morgan fingerprint density at radius 3 is 1.73 bits per heavy atom. The summed E-state index contributed by atoms with van der Waals surface area (Å²) in [6, 6.07) is 30.3. The minimum atomic E-state index is -0.761. The lowest BCUT2D eigenvalue weighted by atomic mass is 9.90. The van der Waals surface area contributed by atoms with Gasteiger partial charge in [0.1, 0.15) is 17.6 Å². The molecule has 0 saturated carbocycles. The molecular weight excluding hydrogens is 536 g/mol. The molecule has 0 aromatic heterocycles. The lowest BCUT2D eigenvalue weighted by Gasteiger charge is -2.48. The molecule has 7 heteroatoms. The third-order valence-corrected chi connectivity index (χ3v) is 9.45. The highest BCUT2D eigenvalue weighted by molar-refractivity contribution is 7.99. The van der Waals surface area contributed by atoms with Crippen LogP contribution in [0.15, 0.2) is 95.9 Å². The number of benzene rings is 3. The highest BCUT2D eigenvalue weighted by Crippen LogP contribution is 2.40. The molecule has 3 aromatic carbocycles. The normalized spacial score (nSPS) is 33.9. The molecule has 2 saturated heterocycles. The summed E-state index contributed by atoms with van der Waals surface area (Å²) in [4.78, 5) is 1.10. The Labute approximate surface area is 248 Å². The Kier molecular flexibility index (Phi) is 10.5. The van der Waals surface area contributed by atoms with E-state index in [1.165, 1.54) is 0 Å². The fourth-order valence-electron chi connectivity index (χ4n) is 5.36. The van der Waals surface area contributed by atoms with Crippen molar-refractivity contribution in [3.8, 4) is 0 Å². The van der Waals surface area contributed by atoms with Crippen LogP contribution in [0, 0.1) is 11.8 Å². The van der Waals surface area contributed by atoms with Crippen LogP contribution in [0.4, 0.5) is 0 Å². The first-order valence-electron chi connectivity index (χ1n) is 14.6. The van der Waals surface area contributed by atoms with Crippen molar-refractivity contribution < 1.29 is 28.8 Å². The van der Waals surface area contributed by atoms with Gasteiger partial charge in [-0.1, -0.05) is 104 Å². The van der Waals surface area contributed by atoms with Gasteiger partial charge in [-0.25, -0.2) is 0 Å². The molecule has 0 amide bonds. The second kappa shape index (κ2) is 14.3. The molecule has 2 heterocycles. The van der Waals surface area contributed by atoms with Gasteiger partial charge in [-0.15, -0.1) is 0 Å². The Bertz CT molecular complexity index is 1180. The van der Waals surface area contributed by atoms with E-state index in [-0.39, 0.29) is 35.6 Å². The molecule has 2 fully saturated rings. The predicted octanol–water partition coefficient (Wildman–Crippen LogP) is 6.46. The van der Waals surface area contributed by atoms with Crippen LogP contribution >= 0.6 is 11.8 Å². The lowest BCUT2D eigenvalue weighted by molar-refractivity contribution is -0.329. The number of aliphatic hydroxyl groups is 1. The second-order valence-corrected chi connectivity index (χ2v) is 12.4. The van der Waals surface area contributed by atoms with Crippen LogP contribution in [-0.2, 0) is 36.9 Å². The molecular formula is C34H42O6S. The third-order valence-electron chi connectivity index (χ3n) is 8.29. The van der Waals surface area contributed by atoms with Crippen molar-refractivity contribution in [2.24, 2.45) is 11.8 Å². The average molecular weight is 579 g/mol. The topological polar surface area (TPSA) is 66.4 Å². The lowest BCUT2D eigenvalue weighted by Crippen LogP contribution is -2.60. The van der Waals surface area contributed by atoms with E-state index in [1.54, 1.807) is 11.8 Å². The smallest absolute Gasteiger partial charge is 0.187 e. The van der Waals surface area contributed by atoms with E-state index in [4.69, 9.17) is 23.7 Å². The van der Waals surface area contributed by atoms with Crippen LogP contribution in [0.2, 0.25) is 0 Å². The van der Waals surface area contributed by atoms with Crippen molar-refractivity contribution in [2.45, 2.75) is 94.2 Å². The van der Waals surface area contributed by atoms with Crippen molar-refractivity contribution in [1.29, 1.82) is 0 Å². The molecule has 10 unspecified atom stereocenters. The summed E-state index contributed by atoms with van der Waals surface area (Å²) in [6.07, 6.45) is -3.17. The van der Waals surface area contributed by atoms with Crippen molar-refractivity contribution >= 4 is 11.8 Å². The first-order chi connectivity index (χ1) is 19.9. The minimum Gasteiger partial charge on any atom is -0.390 e. The Balaban J connectivity index is 1.40. The molecule has 1 N–H and O–H groups in total. The van der Waals surface area contributed by atoms with Crippen LogP contribution in [0.5, 0.6) is 0 Å². The van der Waals surface area contributed by atoms with Gasteiger partial charge in [0.05, 0.1) is 37.6 Å². The highest BCUT2D eigenvalue weighted by atomic mass is 32.2. The SMILES string of the molecule is CC1OC(OC2C(C)C(C)OC(Sc3ccccc3)C2OCc2ccccc2)C(OCc2ccccc2)C(O)C1C. The second-order valence-electron chi connectivity index (χ2n) is 11.2. The molecule has 0 bridgehead atoms. The zero-order chi connectivity index (χ0) is 28.8. The van der Waals surface area contributed by atoms with E-state index >= 15 is 0 Å². The molecule has 0 radical (unpaired) electrons.